The van der Waals surface area contributed by atoms with Gasteiger partial charge in [-0.05, 0) is 19.2 Å². The number of morpholine rings is 1. The lowest BCUT2D eigenvalue weighted by Crippen LogP contribution is -2.47. The number of benzene rings is 1. The Bertz CT molecular complexity index is 765. The molecule has 0 saturated carbocycles. The second-order valence-corrected chi connectivity index (χ2v) is 6.77. The smallest absolute Gasteiger partial charge is 0.254 e. The normalized spacial score (nSPS) is 22.3. The fourth-order valence-electron chi connectivity index (χ4n) is 3.47. The molecule has 1 N–H and O–H groups in total. The minimum Gasteiger partial charge on any atom is -0.369 e. The summed E-state index contributed by atoms with van der Waals surface area (Å²) in [5.74, 6) is 0.0942. The van der Waals surface area contributed by atoms with E-state index in [4.69, 9.17) is 9.72 Å². The number of piperazine rings is 1. The highest BCUT2D eigenvalue weighted by Gasteiger charge is 2.25. The van der Waals surface area contributed by atoms with Crippen molar-refractivity contribution in [2.75, 3.05) is 52.9 Å². The van der Waals surface area contributed by atoms with Crippen molar-refractivity contribution < 1.29 is 9.53 Å². The number of carbonyl (C=O) groups excluding carboxylic acids is 1. The van der Waals surface area contributed by atoms with Gasteiger partial charge in [-0.3, -0.25) is 4.79 Å². The third-order valence-corrected chi connectivity index (χ3v) is 5.01. The third-order valence-electron chi connectivity index (χ3n) is 5.01. The summed E-state index contributed by atoms with van der Waals surface area (Å²) in [6.45, 7) is 5.62. The average molecular weight is 340 g/mol. The second kappa shape index (κ2) is 7.07. The minimum atomic E-state index is -0.0996. The molecule has 2 saturated heterocycles. The summed E-state index contributed by atoms with van der Waals surface area (Å²) in [6.07, 6.45) is -0.0996. The van der Waals surface area contributed by atoms with E-state index in [2.05, 4.69) is 17.3 Å². The Morgan fingerprint density at radius 2 is 2.04 bits per heavy atom. The quantitative estimate of drug-likeness (QED) is 0.893. The summed E-state index contributed by atoms with van der Waals surface area (Å²) in [5.41, 5.74) is 2.43. The van der Waals surface area contributed by atoms with E-state index < -0.39 is 0 Å². The molecule has 2 aliphatic heterocycles. The number of pyridine rings is 1. The van der Waals surface area contributed by atoms with E-state index in [1.807, 2.05) is 35.2 Å². The Morgan fingerprint density at radius 3 is 2.80 bits per heavy atom. The molecule has 0 bridgehead atoms. The van der Waals surface area contributed by atoms with Crippen molar-refractivity contribution in [1.82, 2.24) is 20.1 Å². The summed E-state index contributed by atoms with van der Waals surface area (Å²) in [4.78, 5) is 22.1. The zero-order chi connectivity index (χ0) is 17.2. The molecule has 3 heterocycles. The molecule has 6 heteroatoms. The van der Waals surface area contributed by atoms with Gasteiger partial charge in [0.2, 0.25) is 0 Å². The molecule has 1 aromatic carbocycles. The van der Waals surface area contributed by atoms with Crippen LogP contribution in [0.5, 0.6) is 0 Å². The number of hydrogen-bond acceptors (Lipinski definition) is 5. The summed E-state index contributed by atoms with van der Waals surface area (Å²) in [7, 11) is 2.09. The maximum atomic E-state index is 13.2. The Hall–Kier alpha value is -2.02. The largest absolute Gasteiger partial charge is 0.369 e. The van der Waals surface area contributed by atoms with Gasteiger partial charge in [-0.1, -0.05) is 18.2 Å². The lowest BCUT2D eigenvalue weighted by atomic mass is 10.0. The van der Waals surface area contributed by atoms with Gasteiger partial charge in [-0.15, -0.1) is 0 Å². The first-order chi connectivity index (χ1) is 12.2. The highest BCUT2D eigenvalue weighted by Crippen LogP contribution is 2.25. The number of amides is 1. The van der Waals surface area contributed by atoms with Crippen LogP contribution in [0.15, 0.2) is 30.3 Å². The molecule has 132 valence electrons. The van der Waals surface area contributed by atoms with Gasteiger partial charge in [0.25, 0.3) is 5.91 Å². The van der Waals surface area contributed by atoms with Crippen LogP contribution in [0.3, 0.4) is 0 Å². The van der Waals surface area contributed by atoms with Gasteiger partial charge < -0.3 is 19.9 Å². The Morgan fingerprint density at radius 1 is 1.24 bits per heavy atom. The van der Waals surface area contributed by atoms with Crippen molar-refractivity contribution in [2.45, 2.75) is 6.10 Å². The number of nitrogens with one attached hydrogen (secondary N) is 1. The van der Waals surface area contributed by atoms with Crippen LogP contribution >= 0.6 is 0 Å². The molecule has 1 atom stereocenters. The van der Waals surface area contributed by atoms with Crippen molar-refractivity contribution in [3.8, 4) is 0 Å². The first-order valence-electron chi connectivity index (χ1n) is 8.92. The lowest BCUT2D eigenvalue weighted by molar-refractivity contribution is 0.0251. The van der Waals surface area contributed by atoms with E-state index in [1.165, 1.54) is 0 Å². The van der Waals surface area contributed by atoms with E-state index in [-0.39, 0.29) is 12.0 Å². The SMILES string of the molecule is CN1CCN(C(=O)c2cc([C@@H]3CNCCO3)nc3ccccc23)CC1. The first kappa shape index (κ1) is 16.4. The summed E-state index contributed by atoms with van der Waals surface area (Å²) < 4.78 is 5.85. The fourth-order valence-corrected chi connectivity index (χ4v) is 3.47. The Labute approximate surface area is 147 Å². The topological polar surface area (TPSA) is 57.7 Å². The number of nitrogens with zero attached hydrogens (tertiary/aromatic N) is 3. The summed E-state index contributed by atoms with van der Waals surface area (Å²) in [5, 5.41) is 4.25. The Balaban J connectivity index is 1.71. The highest BCUT2D eigenvalue weighted by atomic mass is 16.5. The van der Waals surface area contributed by atoms with E-state index in [0.717, 1.165) is 61.4 Å². The monoisotopic (exact) mass is 340 g/mol. The number of rotatable bonds is 2. The molecule has 6 nitrogen and oxygen atoms in total. The molecule has 0 radical (unpaired) electrons. The number of fused-ring (bicyclic) bond motifs is 1. The minimum absolute atomic E-state index is 0.0942. The summed E-state index contributed by atoms with van der Waals surface area (Å²) in [6, 6.07) is 9.80. The molecule has 2 fully saturated rings. The van der Waals surface area contributed by atoms with Crippen LogP contribution in [0, 0.1) is 0 Å². The zero-order valence-electron chi connectivity index (χ0n) is 14.6. The predicted molar refractivity (Wildman–Crippen MR) is 96.7 cm³/mol. The molecule has 0 spiro atoms. The standard InChI is InChI=1S/C19H24N4O2/c1-22-7-9-23(10-8-22)19(24)15-12-17(18-13-20-6-11-25-18)21-16-5-3-2-4-14(15)16/h2-5,12,18,20H,6-11,13H2,1H3/t18-/m0/s1. The van der Waals surface area contributed by atoms with Crippen LogP contribution in [0.4, 0.5) is 0 Å². The van der Waals surface area contributed by atoms with Crippen molar-refractivity contribution in [3.63, 3.8) is 0 Å². The summed E-state index contributed by atoms with van der Waals surface area (Å²) >= 11 is 0. The number of aromatic nitrogens is 1. The zero-order valence-corrected chi connectivity index (χ0v) is 14.6. The molecule has 4 rings (SSSR count). The maximum Gasteiger partial charge on any atom is 0.254 e. The molecule has 1 amide bonds. The molecule has 2 aliphatic rings. The van der Waals surface area contributed by atoms with E-state index >= 15 is 0 Å². The van der Waals surface area contributed by atoms with E-state index in [1.54, 1.807) is 0 Å². The van der Waals surface area contributed by atoms with Crippen molar-refractivity contribution in [1.29, 1.82) is 0 Å². The van der Waals surface area contributed by atoms with E-state index in [9.17, 15) is 4.79 Å². The molecule has 25 heavy (non-hydrogen) atoms. The van der Waals surface area contributed by atoms with Gasteiger partial charge in [0.1, 0.15) is 6.10 Å². The molecular formula is C19H24N4O2. The Kier molecular flexibility index (Phi) is 4.65. The first-order valence-corrected chi connectivity index (χ1v) is 8.92. The number of hydrogen-bond donors (Lipinski definition) is 1. The van der Waals surface area contributed by atoms with Crippen LogP contribution in [-0.4, -0.2) is 73.6 Å². The van der Waals surface area contributed by atoms with Gasteiger partial charge >= 0.3 is 0 Å². The van der Waals surface area contributed by atoms with Gasteiger partial charge in [-0.2, -0.15) is 0 Å². The van der Waals surface area contributed by atoms with E-state index in [0.29, 0.717) is 6.61 Å². The molecular weight excluding hydrogens is 316 g/mol. The van der Waals surface area contributed by atoms with Crippen molar-refractivity contribution in [3.05, 3.63) is 41.6 Å². The molecule has 0 unspecified atom stereocenters. The van der Waals surface area contributed by atoms with Crippen molar-refractivity contribution >= 4 is 16.8 Å². The molecule has 0 aliphatic carbocycles. The third kappa shape index (κ3) is 3.38. The number of carbonyl (C=O) groups is 1. The lowest BCUT2D eigenvalue weighted by Gasteiger charge is -2.33. The number of ether oxygens (including phenoxy) is 1. The maximum absolute atomic E-state index is 13.2. The van der Waals surface area contributed by atoms with Gasteiger partial charge in [0.15, 0.2) is 0 Å². The van der Waals surface area contributed by atoms with Gasteiger partial charge in [0, 0.05) is 44.7 Å². The second-order valence-electron chi connectivity index (χ2n) is 6.77. The van der Waals surface area contributed by atoms with Gasteiger partial charge in [-0.25, -0.2) is 4.98 Å². The van der Waals surface area contributed by atoms with Gasteiger partial charge in [0.05, 0.1) is 23.4 Å². The highest BCUT2D eigenvalue weighted by molar-refractivity contribution is 6.06. The van der Waals surface area contributed by atoms with Crippen LogP contribution in [0.2, 0.25) is 0 Å². The molecule has 1 aromatic heterocycles. The number of likely N-dealkylation sites (N-methyl/N-ethyl adjacent to an activating group) is 1. The van der Waals surface area contributed by atoms with Crippen LogP contribution in [-0.2, 0) is 4.74 Å². The fraction of sp³-hybridized carbons (Fsp3) is 0.474. The van der Waals surface area contributed by atoms with Crippen molar-refractivity contribution in [2.24, 2.45) is 0 Å². The van der Waals surface area contributed by atoms with Crippen LogP contribution in [0.25, 0.3) is 10.9 Å². The molecule has 2 aromatic rings. The number of para-hydroxylation sites is 1. The predicted octanol–water partition coefficient (Wildman–Crippen LogP) is 1.28. The van der Waals surface area contributed by atoms with Crippen LogP contribution in [0.1, 0.15) is 22.2 Å². The average Bonchev–Trinajstić information content (AvgIpc) is 2.68. The van der Waals surface area contributed by atoms with Crippen LogP contribution < -0.4 is 5.32 Å².